The molecule has 0 fully saturated rings. The van der Waals surface area contributed by atoms with Gasteiger partial charge in [-0.2, -0.15) is 0 Å². The molecule has 0 bridgehead atoms. The van der Waals surface area contributed by atoms with Crippen LogP contribution in [-0.2, 0) is 0 Å². The summed E-state index contributed by atoms with van der Waals surface area (Å²) < 4.78 is 2.72. The SMILES string of the molecule is CCSNC(N)=S. The van der Waals surface area contributed by atoms with Gasteiger partial charge in [0.05, 0.1) is 0 Å². The van der Waals surface area contributed by atoms with E-state index in [1.165, 1.54) is 11.9 Å². The van der Waals surface area contributed by atoms with Gasteiger partial charge >= 0.3 is 0 Å². The highest BCUT2D eigenvalue weighted by molar-refractivity contribution is 7.98. The minimum absolute atomic E-state index is 0.354. The van der Waals surface area contributed by atoms with Crippen molar-refractivity contribution in [2.75, 3.05) is 5.75 Å². The van der Waals surface area contributed by atoms with Gasteiger partial charge in [0.1, 0.15) is 0 Å². The van der Waals surface area contributed by atoms with Gasteiger partial charge in [-0.3, -0.25) is 0 Å². The third kappa shape index (κ3) is 6.04. The number of nitrogens with two attached hydrogens (primary N) is 1. The lowest BCUT2D eigenvalue weighted by Gasteiger charge is -1.95. The first-order valence-electron chi connectivity index (χ1n) is 1.94. The van der Waals surface area contributed by atoms with Crippen molar-refractivity contribution in [2.45, 2.75) is 6.92 Å². The predicted molar refractivity (Wildman–Crippen MR) is 38.1 cm³/mol. The Bertz CT molecular complexity index is 64.0. The fourth-order valence-electron chi connectivity index (χ4n) is 0.143. The Morgan fingerprint density at radius 2 is 2.57 bits per heavy atom. The van der Waals surface area contributed by atoms with Crippen LogP contribution >= 0.6 is 24.2 Å². The van der Waals surface area contributed by atoms with Crippen LogP contribution in [0.25, 0.3) is 0 Å². The molecule has 0 aromatic heterocycles. The lowest BCUT2D eigenvalue weighted by molar-refractivity contribution is 1.44. The van der Waals surface area contributed by atoms with E-state index in [1.807, 2.05) is 6.92 Å². The minimum atomic E-state index is 0.354. The summed E-state index contributed by atoms with van der Waals surface area (Å²) in [6.07, 6.45) is 0. The molecule has 0 aliphatic carbocycles. The summed E-state index contributed by atoms with van der Waals surface area (Å²) in [5.74, 6) is 0.983. The lowest BCUT2D eigenvalue weighted by atomic mass is 11.0. The summed E-state index contributed by atoms with van der Waals surface area (Å²) in [6.45, 7) is 2.02. The molecule has 0 aliphatic heterocycles. The fraction of sp³-hybridized carbons (Fsp3) is 0.667. The summed E-state index contributed by atoms with van der Waals surface area (Å²) in [4.78, 5) is 0. The van der Waals surface area contributed by atoms with Crippen LogP contribution < -0.4 is 10.5 Å². The van der Waals surface area contributed by atoms with Gasteiger partial charge in [0, 0.05) is 5.75 Å². The topological polar surface area (TPSA) is 38.0 Å². The van der Waals surface area contributed by atoms with Crippen LogP contribution in [0.15, 0.2) is 0 Å². The Morgan fingerprint density at radius 1 is 2.00 bits per heavy atom. The van der Waals surface area contributed by atoms with Crippen molar-refractivity contribution in [1.82, 2.24) is 4.72 Å². The first kappa shape index (κ1) is 7.04. The van der Waals surface area contributed by atoms with Crippen molar-refractivity contribution in [3.8, 4) is 0 Å². The average Bonchev–Trinajstić information content (AvgIpc) is 1.61. The van der Waals surface area contributed by atoms with Gasteiger partial charge < -0.3 is 10.5 Å². The Hall–Kier alpha value is 0.0400. The molecule has 0 radical (unpaired) electrons. The Kier molecular flexibility index (Phi) is 4.23. The molecule has 42 valence electrons. The number of hydrogen-bond donors (Lipinski definition) is 2. The van der Waals surface area contributed by atoms with Crippen molar-refractivity contribution in [3.05, 3.63) is 0 Å². The molecular formula is C3H8N2S2. The van der Waals surface area contributed by atoms with E-state index in [2.05, 4.69) is 16.9 Å². The van der Waals surface area contributed by atoms with E-state index >= 15 is 0 Å². The normalized spacial score (nSPS) is 8.14. The Balaban J connectivity index is 2.82. The molecule has 0 rings (SSSR count). The quantitative estimate of drug-likeness (QED) is 0.428. The van der Waals surface area contributed by atoms with Crippen molar-refractivity contribution in [1.29, 1.82) is 0 Å². The van der Waals surface area contributed by atoms with Crippen LogP contribution in [0, 0.1) is 0 Å². The van der Waals surface area contributed by atoms with E-state index in [-0.39, 0.29) is 0 Å². The zero-order chi connectivity index (χ0) is 5.70. The van der Waals surface area contributed by atoms with Crippen molar-refractivity contribution < 1.29 is 0 Å². The van der Waals surface area contributed by atoms with Crippen LogP contribution in [0.4, 0.5) is 0 Å². The first-order valence-corrected chi connectivity index (χ1v) is 3.34. The maximum absolute atomic E-state index is 5.08. The van der Waals surface area contributed by atoms with Crippen LogP contribution in [0.3, 0.4) is 0 Å². The molecule has 4 heteroatoms. The maximum Gasteiger partial charge on any atom is 0.173 e. The molecule has 7 heavy (non-hydrogen) atoms. The average molecular weight is 136 g/mol. The summed E-state index contributed by atoms with van der Waals surface area (Å²) in [5.41, 5.74) is 5.08. The van der Waals surface area contributed by atoms with E-state index in [4.69, 9.17) is 5.73 Å². The van der Waals surface area contributed by atoms with Gasteiger partial charge in [-0.25, -0.2) is 0 Å². The molecule has 2 nitrogen and oxygen atoms in total. The monoisotopic (exact) mass is 136 g/mol. The molecule has 0 aromatic rings. The molecule has 0 heterocycles. The summed E-state index contributed by atoms with van der Waals surface area (Å²) in [6, 6.07) is 0. The van der Waals surface area contributed by atoms with Crippen molar-refractivity contribution in [3.63, 3.8) is 0 Å². The maximum atomic E-state index is 5.08. The summed E-state index contributed by atoms with van der Waals surface area (Å²) >= 11 is 6.01. The summed E-state index contributed by atoms with van der Waals surface area (Å²) in [5, 5.41) is 0.354. The molecule has 0 aliphatic rings. The van der Waals surface area contributed by atoms with Gasteiger partial charge in [-0.05, 0) is 12.2 Å². The van der Waals surface area contributed by atoms with Crippen molar-refractivity contribution >= 4 is 29.3 Å². The predicted octanol–water partition coefficient (Wildman–Crippen LogP) is 0.488. The van der Waals surface area contributed by atoms with Crippen molar-refractivity contribution in [2.24, 2.45) is 5.73 Å². The van der Waals surface area contributed by atoms with Crippen LogP contribution in [0.1, 0.15) is 6.92 Å². The highest BCUT2D eigenvalue weighted by atomic mass is 32.2. The zero-order valence-corrected chi connectivity index (χ0v) is 5.73. The van der Waals surface area contributed by atoms with Crippen LogP contribution in [-0.4, -0.2) is 10.9 Å². The Labute approximate surface area is 53.0 Å². The largest absolute Gasteiger partial charge is 0.376 e. The van der Waals surface area contributed by atoms with E-state index in [0.29, 0.717) is 5.11 Å². The summed E-state index contributed by atoms with van der Waals surface area (Å²) in [7, 11) is 0. The van der Waals surface area contributed by atoms with E-state index < -0.39 is 0 Å². The van der Waals surface area contributed by atoms with E-state index in [9.17, 15) is 0 Å². The van der Waals surface area contributed by atoms with Crippen LogP contribution in [0.5, 0.6) is 0 Å². The second-order valence-corrected chi connectivity index (χ2v) is 2.41. The second kappa shape index (κ2) is 4.21. The molecule has 0 atom stereocenters. The van der Waals surface area contributed by atoms with Crippen LogP contribution in [0.2, 0.25) is 0 Å². The molecule has 0 saturated heterocycles. The number of thiocarbonyl (C=S) groups is 1. The highest BCUT2D eigenvalue weighted by Crippen LogP contribution is 1.87. The molecule has 0 saturated carbocycles. The number of rotatable bonds is 2. The van der Waals surface area contributed by atoms with Gasteiger partial charge in [-0.1, -0.05) is 18.9 Å². The smallest absolute Gasteiger partial charge is 0.173 e. The minimum Gasteiger partial charge on any atom is -0.376 e. The molecule has 0 aromatic carbocycles. The number of hydrogen-bond acceptors (Lipinski definition) is 2. The molecular weight excluding hydrogens is 128 g/mol. The highest BCUT2D eigenvalue weighted by Gasteiger charge is 1.79. The third-order valence-electron chi connectivity index (χ3n) is 0.317. The molecule has 0 unspecified atom stereocenters. The first-order chi connectivity index (χ1) is 3.27. The Morgan fingerprint density at radius 3 is 2.71 bits per heavy atom. The van der Waals surface area contributed by atoms with E-state index in [0.717, 1.165) is 5.75 Å². The molecule has 3 N–H and O–H groups in total. The zero-order valence-electron chi connectivity index (χ0n) is 4.10. The van der Waals surface area contributed by atoms with Gasteiger partial charge in [0.2, 0.25) is 0 Å². The van der Waals surface area contributed by atoms with Gasteiger partial charge in [0.25, 0.3) is 0 Å². The molecule has 0 spiro atoms. The standard InChI is InChI=1S/C3H8N2S2/c1-2-7-5-3(4)6/h2H2,1H3,(H3,4,5,6). The molecule has 0 amide bonds. The van der Waals surface area contributed by atoms with Gasteiger partial charge in [0.15, 0.2) is 5.11 Å². The second-order valence-electron chi connectivity index (χ2n) is 0.899. The lowest BCUT2D eigenvalue weighted by Crippen LogP contribution is -2.22. The number of nitrogens with one attached hydrogen (secondary N) is 1. The fourth-order valence-corrected chi connectivity index (χ4v) is 0.607. The van der Waals surface area contributed by atoms with Gasteiger partial charge in [-0.15, -0.1) is 0 Å². The van der Waals surface area contributed by atoms with E-state index in [1.54, 1.807) is 0 Å². The third-order valence-corrected chi connectivity index (χ3v) is 1.20.